The summed E-state index contributed by atoms with van der Waals surface area (Å²) in [4.78, 5) is 25.8. The highest BCUT2D eigenvalue weighted by Crippen LogP contribution is 2.31. The van der Waals surface area contributed by atoms with E-state index in [1.54, 1.807) is 38.2 Å². The second-order valence-electron chi connectivity index (χ2n) is 6.18. The highest BCUT2D eigenvalue weighted by Gasteiger charge is 2.22. The van der Waals surface area contributed by atoms with E-state index in [-0.39, 0.29) is 18.2 Å². The molecule has 0 unspecified atom stereocenters. The second-order valence-corrected chi connectivity index (χ2v) is 6.18. The van der Waals surface area contributed by atoms with E-state index in [1.165, 1.54) is 0 Å². The Morgan fingerprint density at radius 1 is 1.08 bits per heavy atom. The number of hydrogen-bond acceptors (Lipinski definition) is 4. The molecule has 1 aliphatic heterocycles. The van der Waals surface area contributed by atoms with Gasteiger partial charge in [-0.15, -0.1) is 0 Å². The van der Waals surface area contributed by atoms with E-state index in [0.29, 0.717) is 23.7 Å². The molecule has 0 atom stereocenters. The molecule has 0 bridgehead atoms. The van der Waals surface area contributed by atoms with Crippen molar-refractivity contribution >= 4 is 23.2 Å². The van der Waals surface area contributed by atoms with Gasteiger partial charge in [-0.3, -0.25) is 9.59 Å². The number of ether oxygens (including phenoxy) is 2. The smallest absolute Gasteiger partial charge is 0.228 e. The number of methoxy groups -OCH3 is 2. The molecule has 1 heterocycles. The molecule has 1 N–H and O–H groups in total. The second kappa shape index (κ2) is 7.47. The first-order valence-corrected chi connectivity index (χ1v) is 8.43. The summed E-state index contributed by atoms with van der Waals surface area (Å²) in [6.07, 6.45) is 1.06. The Kier molecular flexibility index (Phi) is 5.11. The lowest BCUT2D eigenvalue weighted by Crippen LogP contribution is -2.25. The van der Waals surface area contributed by atoms with Crippen LogP contribution in [-0.2, 0) is 22.4 Å². The monoisotopic (exact) mass is 354 g/mol. The van der Waals surface area contributed by atoms with E-state index >= 15 is 0 Å². The summed E-state index contributed by atoms with van der Waals surface area (Å²) in [6.45, 7) is 2.24. The molecule has 3 rings (SSSR count). The van der Waals surface area contributed by atoms with Crippen molar-refractivity contribution < 1.29 is 19.1 Å². The van der Waals surface area contributed by atoms with Gasteiger partial charge in [-0.2, -0.15) is 0 Å². The van der Waals surface area contributed by atoms with Gasteiger partial charge in [0.1, 0.15) is 0 Å². The number of carbonyl (C=O) groups excluding carboxylic acids is 2. The van der Waals surface area contributed by atoms with Crippen LogP contribution in [0.3, 0.4) is 0 Å². The lowest BCUT2D eigenvalue weighted by Gasteiger charge is -2.16. The summed E-state index contributed by atoms with van der Waals surface area (Å²) in [5.74, 6) is 1.09. The molecule has 0 fully saturated rings. The fourth-order valence-corrected chi connectivity index (χ4v) is 3.17. The average molecular weight is 354 g/mol. The van der Waals surface area contributed by atoms with Crippen molar-refractivity contribution in [1.82, 2.24) is 0 Å². The van der Waals surface area contributed by atoms with Crippen LogP contribution in [0.1, 0.15) is 18.1 Å². The van der Waals surface area contributed by atoms with Gasteiger partial charge in [-0.25, -0.2) is 0 Å². The summed E-state index contributed by atoms with van der Waals surface area (Å²) in [5, 5.41) is 2.90. The number of benzene rings is 2. The minimum atomic E-state index is -0.135. The minimum Gasteiger partial charge on any atom is -0.493 e. The van der Waals surface area contributed by atoms with Crippen molar-refractivity contribution in [2.45, 2.75) is 19.8 Å². The molecule has 2 aromatic rings. The molecule has 26 heavy (non-hydrogen) atoms. The van der Waals surface area contributed by atoms with Crippen molar-refractivity contribution in [3.63, 3.8) is 0 Å². The zero-order valence-electron chi connectivity index (χ0n) is 15.2. The number of nitrogens with one attached hydrogen (secondary N) is 1. The maximum absolute atomic E-state index is 12.4. The lowest BCUT2D eigenvalue weighted by molar-refractivity contribution is -0.116. The largest absolute Gasteiger partial charge is 0.493 e. The Morgan fingerprint density at radius 2 is 1.85 bits per heavy atom. The first-order chi connectivity index (χ1) is 12.5. The molecule has 0 saturated heterocycles. The van der Waals surface area contributed by atoms with Gasteiger partial charge < -0.3 is 19.7 Å². The molecule has 2 amide bonds. The van der Waals surface area contributed by atoms with Gasteiger partial charge in [0, 0.05) is 24.8 Å². The number of rotatable bonds is 5. The van der Waals surface area contributed by atoms with Gasteiger partial charge in [-0.05, 0) is 41.8 Å². The van der Waals surface area contributed by atoms with Crippen molar-refractivity contribution in [2.24, 2.45) is 0 Å². The SMILES string of the molecule is COc1ccc(CC(=O)Nc2ccc3c(c2)N(C(C)=O)CC3)cc1OC. The van der Waals surface area contributed by atoms with Crippen LogP contribution in [0.2, 0.25) is 0 Å². The van der Waals surface area contributed by atoms with Gasteiger partial charge in [0.15, 0.2) is 11.5 Å². The van der Waals surface area contributed by atoms with E-state index in [4.69, 9.17) is 9.47 Å². The topological polar surface area (TPSA) is 67.9 Å². The molecule has 1 aliphatic rings. The molecule has 0 saturated carbocycles. The minimum absolute atomic E-state index is 0.0116. The van der Waals surface area contributed by atoms with Crippen LogP contribution >= 0.6 is 0 Å². The highest BCUT2D eigenvalue weighted by atomic mass is 16.5. The van der Waals surface area contributed by atoms with Crippen molar-refractivity contribution in [3.8, 4) is 11.5 Å². The van der Waals surface area contributed by atoms with Crippen LogP contribution in [0.15, 0.2) is 36.4 Å². The molecule has 2 aromatic carbocycles. The van der Waals surface area contributed by atoms with Crippen LogP contribution in [-0.4, -0.2) is 32.6 Å². The molecular weight excluding hydrogens is 332 g/mol. The first-order valence-electron chi connectivity index (χ1n) is 8.43. The molecule has 0 aliphatic carbocycles. The Bertz CT molecular complexity index is 848. The summed E-state index contributed by atoms with van der Waals surface area (Å²) in [6, 6.07) is 11.1. The molecule has 6 heteroatoms. The third-order valence-corrected chi connectivity index (χ3v) is 4.46. The van der Waals surface area contributed by atoms with Crippen LogP contribution in [0.5, 0.6) is 11.5 Å². The maximum atomic E-state index is 12.4. The van der Waals surface area contributed by atoms with E-state index in [9.17, 15) is 9.59 Å². The standard InChI is InChI=1S/C20H22N2O4/c1-13(23)22-9-8-15-5-6-16(12-17(15)22)21-20(24)11-14-4-7-18(25-2)19(10-14)26-3/h4-7,10,12H,8-9,11H2,1-3H3,(H,21,24). The van der Waals surface area contributed by atoms with E-state index in [1.807, 2.05) is 24.3 Å². The van der Waals surface area contributed by atoms with Crippen molar-refractivity contribution in [3.05, 3.63) is 47.5 Å². The van der Waals surface area contributed by atoms with E-state index < -0.39 is 0 Å². The third kappa shape index (κ3) is 3.64. The quantitative estimate of drug-likeness (QED) is 0.897. The number of anilines is 2. The Labute approximate surface area is 152 Å². The predicted octanol–water partition coefficient (Wildman–Crippen LogP) is 2.79. The van der Waals surface area contributed by atoms with Crippen molar-refractivity contribution in [2.75, 3.05) is 31.0 Å². The molecule has 0 radical (unpaired) electrons. The molecule has 0 aromatic heterocycles. The third-order valence-electron chi connectivity index (χ3n) is 4.46. The maximum Gasteiger partial charge on any atom is 0.228 e. The van der Waals surface area contributed by atoms with Gasteiger partial charge in [-0.1, -0.05) is 12.1 Å². The number of nitrogens with zero attached hydrogens (tertiary/aromatic N) is 1. The first kappa shape index (κ1) is 17.8. The number of carbonyl (C=O) groups is 2. The zero-order valence-corrected chi connectivity index (χ0v) is 15.2. The van der Waals surface area contributed by atoms with Crippen molar-refractivity contribution in [1.29, 1.82) is 0 Å². The summed E-state index contributed by atoms with van der Waals surface area (Å²) in [5.41, 5.74) is 3.51. The molecule has 6 nitrogen and oxygen atoms in total. The van der Waals surface area contributed by atoms with Gasteiger partial charge in [0.25, 0.3) is 0 Å². The normalized spacial score (nSPS) is 12.5. The van der Waals surface area contributed by atoms with Crippen LogP contribution in [0.25, 0.3) is 0 Å². The fraction of sp³-hybridized carbons (Fsp3) is 0.300. The van der Waals surface area contributed by atoms with Gasteiger partial charge in [0.2, 0.25) is 11.8 Å². The average Bonchev–Trinajstić information content (AvgIpc) is 3.05. The summed E-state index contributed by atoms with van der Waals surface area (Å²) in [7, 11) is 3.13. The van der Waals surface area contributed by atoms with Gasteiger partial charge >= 0.3 is 0 Å². The lowest BCUT2D eigenvalue weighted by atomic mass is 10.1. The molecular formula is C20H22N2O4. The van der Waals surface area contributed by atoms with Crippen LogP contribution in [0, 0.1) is 0 Å². The Balaban J connectivity index is 1.71. The van der Waals surface area contributed by atoms with Crippen LogP contribution in [0.4, 0.5) is 11.4 Å². The molecule has 0 spiro atoms. The van der Waals surface area contributed by atoms with E-state index in [0.717, 1.165) is 23.2 Å². The van der Waals surface area contributed by atoms with Gasteiger partial charge in [0.05, 0.1) is 20.6 Å². The zero-order chi connectivity index (χ0) is 18.7. The summed E-state index contributed by atoms with van der Waals surface area (Å²) < 4.78 is 10.5. The number of fused-ring (bicyclic) bond motifs is 1. The number of hydrogen-bond donors (Lipinski definition) is 1. The summed E-state index contributed by atoms with van der Waals surface area (Å²) >= 11 is 0. The number of amides is 2. The van der Waals surface area contributed by atoms with Crippen LogP contribution < -0.4 is 19.7 Å². The molecule has 136 valence electrons. The Morgan fingerprint density at radius 3 is 2.54 bits per heavy atom. The fourth-order valence-electron chi connectivity index (χ4n) is 3.17. The predicted molar refractivity (Wildman–Crippen MR) is 100 cm³/mol. The Hall–Kier alpha value is -3.02. The highest BCUT2D eigenvalue weighted by molar-refractivity contribution is 5.97. The van der Waals surface area contributed by atoms with E-state index in [2.05, 4.69) is 5.32 Å².